The first-order chi connectivity index (χ1) is 6.15. The van der Waals surface area contributed by atoms with Crippen LogP contribution < -0.4 is 0 Å². The van der Waals surface area contributed by atoms with Crippen LogP contribution in [0.3, 0.4) is 0 Å². The van der Waals surface area contributed by atoms with Gasteiger partial charge in [0.2, 0.25) is 6.08 Å². The summed E-state index contributed by atoms with van der Waals surface area (Å²) in [6.45, 7) is 0. The average Bonchev–Trinajstić information content (AvgIpc) is 2.08. The first-order valence-corrected chi connectivity index (χ1v) is 3.96. The lowest BCUT2D eigenvalue weighted by Crippen LogP contribution is -1.87. The van der Waals surface area contributed by atoms with E-state index in [0.29, 0.717) is 4.47 Å². The fourth-order valence-corrected chi connectivity index (χ4v) is 1.14. The zero-order valence-corrected chi connectivity index (χ0v) is 7.82. The molecule has 0 saturated carbocycles. The Morgan fingerprint density at radius 2 is 2.23 bits per heavy atom. The van der Waals surface area contributed by atoms with Gasteiger partial charge in [0.15, 0.2) is 5.69 Å². The summed E-state index contributed by atoms with van der Waals surface area (Å²) in [4.78, 5) is 22.9. The van der Waals surface area contributed by atoms with Gasteiger partial charge in [-0.1, -0.05) is 15.9 Å². The molecule has 1 aromatic rings. The van der Waals surface area contributed by atoms with Crippen molar-refractivity contribution in [1.29, 1.82) is 0 Å². The summed E-state index contributed by atoms with van der Waals surface area (Å²) in [5.74, 6) is 0. The van der Waals surface area contributed by atoms with Crippen LogP contribution in [0.4, 0.5) is 11.4 Å². The van der Waals surface area contributed by atoms with Crippen molar-refractivity contribution in [3.05, 3.63) is 32.8 Å². The van der Waals surface area contributed by atoms with Gasteiger partial charge in [-0.05, 0) is 12.1 Å². The largest absolute Gasteiger partial charge is 0.296 e. The molecule has 0 atom stereocenters. The normalized spacial score (nSPS) is 9.00. The minimum Gasteiger partial charge on any atom is -0.258 e. The Bertz CT molecular complexity index is 399. The number of nitro benzene ring substituents is 1. The molecular formula is C7H3BrN2O3. The lowest BCUT2D eigenvalue weighted by molar-refractivity contribution is -0.384. The van der Waals surface area contributed by atoms with Gasteiger partial charge in [0, 0.05) is 10.5 Å². The molecule has 0 N–H and O–H groups in total. The van der Waals surface area contributed by atoms with Crippen molar-refractivity contribution >= 4 is 33.4 Å². The Balaban J connectivity index is 3.34. The highest BCUT2D eigenvalue weighted by atomic mass is 79.9. The van der Waals surface area contributed by atoms with Crippen LogP contribution in [0.15, 0.2) is 27.7 Å². The summed E-state index contributed by atoms with van der Waals surface area (Å²) >= 11 is 3.07. The highest BCUT2D eigenvalue weighted by molar-refractivity contribution is 9.10. The Morgan fingerprint density at radius 3 is 2.77 bits per heavy atom. The van der Waals surface area contributed by atoms with Gasteiger partial charge in [0.05, 0.1) is 4.92 Å². The van der Waals surface area contributed by atoms with Crippen molar-refractivity contribution in [3.8, 4) is 0 Å². The third-order valence-electron chi connectivity index (χ3n) is 1.30. The van der Waals surface area contributed by atoms with E-state index < -0.39 is 4.92 Å². The van der Waals surface area contributed by atoms with Gasteiger partial charge < -0.3 is 0 Å². The van der Waals surface area contributed by atoms with E-state index in [1.54, 1.807) is 6.07 Å². The van der Waals surface area contributed by atoms with Gasteiger partial charge in [-0.2, -0.15) is 4.99 Å². The second kappa shape index (κ2) is 3.93. The van der Waals surface area contributed by atoms with Crippen LogP contribution in [0.5, 0.6) is 0 Å². The number of benzene rings is 1. The minimum atomic E-state index is -0.610. The van der Waals surface area contributed by atoms with Gasteiger partial charge in [0.1, 0.15) is 0 Å². The van der Waals surface area contributed by atoms with Crippen LogP contribution in [0.25, 0.3) is 0 Å². The number of aliphatic imine (C=N–C) groups is 1. The topological polar surface area (TPSA) is 72.6 Å². The highest BCUT2D eigenvalue weighted by Gasteiger charge is 2.12. The second-order valence-electron chi connectivity index (χ2n) is 2.09. The van der Waals surface area contributed by atoms with Gasteiger partial charge in [-0.15, -0.1) is 0 Å². The van der Waals surface area contributed by atoms with Crippen molar-refractivity contribution in [1.82, 2.24) is 0 Å². The van der Waals surface area contributed by atoms with E-state index in [-0.39, 0.29) is 11.4 Å². The van der Waals surface area contributed by atoms with Crippen LogP contribution in [-0.4, -0.2) is 11.0 Å². The Hall–Kier alpha value is -1.52. The van der Waals surface area contributed by atoms with E-state index in [1.165, 1.54) is 18.2 Å². The molecule has 0 aromatic heterocycles. The maximum absolute atomic E-state index is 10.4. The van der Waals surface area contributed by atoms with Gasteiger partial charge in [0.25, 0.3) is 5.69 Å². The van der Waals surface area contributed by atoms with E-state index >= 15 is 0 Å². The van der Waals surface area contributed by atoms with Crippen molar-refractivity contribution in [3.63, 3.8) is 0 Å². The van der Waals surface area contributed by atoms with E-state index in [1.807, 2.05) is 0 Å². The molecule has 0 radical (unpaired) electrons. The van der Waals surface area contributed by atoms with Gasteiger partial charge in [-0.25, -0.2) is 4.79 Å². The van der Waals surface area contributed by atoms with Gasteiger partial charge >= 0.3 is 0 Å². The number of hydrogen-bond acceptors (Lipinski definition) is 4. The van der Waals surface area contributed by atoms with Crippen LogP contribution in [-0.2, 0) is 4.79 Å². The van der Waals surface area contributed by atoms with E-state index in [2.05, 4.69) is 20.9 Å². The number of rotatable bonds is 2. The zero-order valence-electron chi connectivity index (χ0n) is 6.23. The maximum atomic E-state index is 10.4. The molecule has 0 spiro atoms. The van der Waals surface area contributed by atoms with E-state index in [0.717, 1.165) is 0 Å². The maximum Gasteiger partial charge on any atom is 0.296 e. The molecule has 0 heterocycles. The summed E-state index contributed by atoms with van der Waals surface area (Å²) in [6, 6.07) is 4.20. The number of nitrogens with zero attached hydrogens (tertiary/aromatic N) is 2. The van der Waals surface area contributed by atoms with Crippen molar-refractivity contribution < 1.29 is 9.72 Å². The van der Waals surface area contributed by atoms with Crippen molar-refractivity contribution in [2.24, 2.45) is 4.99 Å². The van der Waals surface area contributed by atoms with E-state index in [9.17, 15) is 14.9 Å². The molecule has 1 aromatic carbocycles. The van der Waals surface area contributed by atoms with Crippen molar-refractivity contribution in [2.75, 3.05) is 0 Å². The van der Waals surface area contributed by atoms with Crippen LogP contribution in [0.2, 0.25) is 0 Å². The monoisotopic (exact) mass is 242 g/mol. The molecule has 1 rings (SSSR count). The predicted molar refractivity (Wildman–Crippen MR) is 48.6 cm³/mol. The molecule has 0 bridgehead atoms. The predicted octanol–water partition coefficient (Wildman–Crippen LogP) is 2.32. The fraction of sp³-hybridized carbons (Fsp3) is 0. The lowest BCUT2D eigenvalue weighted by atomic mass is 10.3. The molecule has 6 heteroatoms. The fourth-order valence-electron chi connectivity index (χ4n) is 0.787. The zero-order chi connectivity index (χ0) is 9.84. The molecular weight excluding hydrogens is 240 g/mol. The van der Waals surface area contributed by atoms with Gasteiger partial charge in [-0.3, -0.25) is 10.1 Å². The van der Waals surface area contributed by atoms with E-state index in [4.69, 9.17) is 0 Å². The second-order valence-corrected chi connectivity index (χ2v) is 3.01. The number of hydrogen-bond donors (Lipinski definition) is 0. The van der Waals surface area contributed by atoms with Crippen LogP contribution in [0.1, 0.15) is 0 Å². The van der Waals surface area contributed by atoms with Crippen LogP contribution in [0, 0.1) is 10.1 Å². The Morgan fingerprint density at radius 1 is 1.54 bits per heavy atom. The number of nitro groups is 1. The third kappa shape index (κ3) is 2.21. The molecule has 0 saturated heterocycles. The quantitative estimate of drug-likeness (QED) is 0.346. The molecule has 0 aliphatic carbocycles. The Labute approximate surface area is 81.4 Å². The summed E-state index contributed by atoms with van der Waals surface area (Å²) in [5, 5.41) is 10.4. The molecule has 0 aliphatic rings. The number of halogens is 1. The summed E-state index contributed by atoms with van der Waals surface area (Å²) in [7, 11) is 0. The summed E-state index contributed by atoms with van der Waals surface area (Å²) in [6.07, 6.45) is 1.25. The summed E-state index contributed by atoms with van der Waals surface area (Å²) < 4.78 is 0.559. The smallest absolute Gasteiger partial charge is 0.258 e. The molecule has 0 fully saturated rings. The van der Waals surface area contributed by atoms with Crippen molar-refractivity contribution in [2.45, 2.75) is 0 Å². The average molecular weight is 243 g/mol. The SMILES string of the molecule is O=C=Nc1ccc(Br)cc1[N+](=O)[O-]. The molecule has 5 nitrogen and oxygen atoms in total. The molecule has 0 aliphatic heterocycles. The first kappa shape index (κ1) is 9.57. The molecule has 66 valence electrons. The first-order valence-electron chi connectivity index (χ1n) is 3.17. The third-order valence-corrected chi connectivity index (χ3v) is 1.79. The number of carbonyl (C=O) groups excluding carboxylic acids is 1. The molecule has 0 unspecified atom stereocenters. The number of isocyanates is 1. The standard InChI is InChI=1S/C7H3BrN2O3/c8-5-1-2-6(9-4-11)7(3-5)10(12)13/h1-3H. The summed E-state index contributed by atoms with van der Waals surface area (Å²) in [5.41, 5.74) is -0.221. The highest BCUT2D eigenvalue weighted by Crippen LogP contribution is 2.29. The lowest BCUT2D eigenvalue weighted by Gasteiger charge is -1.95. The molecule has 13 heavy (non-hydrogen) atoms. The Kier molecular flexibility index (Phi) is 2.89. The molecule has 0 amide bonds. The van der Waals surface area contributed by atoms with Crippen LogP contribution >= 0.6 is 15.9 Å². The minimum absolute atomic E-state index is 0.00296.